The lowest BCUT2D eigenvalue weighted by Gasteiger charge is -2.19. The van der Waals surface area contributed by atoms with Crippen molar-refractivity contribution in [2.75, 3.05) is 13.2 Å². The minimum atomic E-state index is -0.244. The quantitative estimate of drug-likeness (QED) is 0.743. The van der Waals surface area contributed by atoms with Crippen LogP contribution in [0.3, 0.4) is 0 Å². The number of hydrogen-bond acceptors (Lipinski definition) is 5. The van der Waals surface area contributed by atoms with Crippen molar-refractivity contribution >= 4 is 16.9 Å². The molecule has 0 spiro atoms. The second-order valence-corrected chi connectivity index (χ2v) is 6.18. The van der Waals surface area contributed by atoms with Crippen LogP contribution in [0.15, 0.2) is 30.6 Å². The Bertz CT molecular complexity index is 916. The van der Waals surface area contributed by atoms with E-state index in [0.717, 1.165) is 16.9 Å². The molecule has 2 atom stereocenters. The predicted molar refractivity (Wildman–Crippen MR) is 90.5 cm³/mol. The van der Waals surface area contributed by atoms with Crippen LogP contribution in [0.2, 0.25) is 0 Å². The molecule has 8 nitrogen and oxygen atoms in total. The van der Waals surface area contributed by atoms with Crippen LogP contribution in [0.25, 0.3) is 11.0 Å². The largest absolute Gasteiger partial charge is 0.482 e. The molecule has 3 heterocycles. The number of hydrogen-bond donors (Lipinski definition) is 2. The van der Waals surface area contributed by atoms with Crippen LogP contribution >= 0.6 is 0 Å². The van der Waals surface area contributed by atoms with Crippen LogP contribution in [0.5, 0.6) is 5.75 Å². The first-order chi connectivity index (χ1) is 12.1. The first-order valence-corrected chi connectivity index (χ1v) is 8.09. The Balaban J connectivity index is 1.46. The number of aromatic amines is 1. The molecule has 8 heteroatoms. The van der Waals surface area contributed by atoms with Crippen LogP contribution < -0.4 is 10.1 Å². The molecule has 1 aliphatic rings. The van der Waals surface area contributed by atoms with Crippen molar-refractivity contribution in [3.05, 3.63) is 42.0 Å². The monoisotopic (exact) mass is 341 g/mol. The lowest BCUT2D eigenvalue weighted by Crippen LogP contribution is -2.45. The number of benzene rings is 1. The number of carbonyl (C=O) groups is 1. The van der Waals surface area contributed by atoms with Crippen molar-refractivity contribution in [2.45, 2.75) is 19.1 Å². The summed E-state index contributed by atoms with van der Waals surface area (Å²) in [5, 5.41) is 7.07. The van der Waals surface area contributed by atoms with Gasteiger partial charge in [-0.1, -0.05) is 0 Å². The van der Waals surface area contributed by atoms with Gasteiger partial charge in [-0.3, -0.25) is 9.48 Å². The third-order valence-corrected chi connectivity index (χ3v) is 4.18. The fraction of sp³-hybridized carbons (Fsp3) is 0.353. The van der Waals surface area contributed by atoms with Gasteiger partial charge in [-0.25, -0.2) is 4.98 Å². The molecule has 1 saturated heterocycles. The van der Waals surface area contributed by atoms with Gasteiger partial charge in [0.2, 0.25) is 0 Å². The average molecular weight is 341 g/mol. The molecule has 1 fully saturated rings. The van der Waals surface area contributed by atoms with E-state index in [1.165, 1.54) is 0 Å². The van der Waals surface area contributed by atoms with Gasteiger partial charge in [0, 0.05) is 12.6 Å². The van der Waals surface area contributed by atoms with E-state index < -0.39 is 0 Å². The van der Waals surface area contributed by atoms with Crippen molar-refractivity contribution in [2.24, 2.45) is 7.05 Å². The number of rotatable bonds is 4. The zero-order valence-electron chi connectivity index (χ0n) is 14.0. The molecule has 1 amide bonds. The number of nitrogens with one attached hydrogen (secondary N) is 2. The van der Waals surface area contributed by atoms with Crippen molar-refractivity contribution in [3.8, 4) is 5.75 Å². The number of imidazole rings is 1. The number of aryl methyl sites for hydroxylation is 2. The summed E-state index contributed by atoms with van der Waals surface area (Å²) in [4.78, 5) is 20.1. The van der Waals surface area contributed by atoms with Crippen LogP contribution in [-0.4, -0.2) is 51.0 Å². The summed E-state index contributed by atoms with van der Waals surface area (Å²) in [6, 6.07) is 5.19. The van der Waals surface area contributed by atoms with Gasteiger partial charge in [0.25, 0.3) is 5.91 Å². The van der Waals surface area contributed by atoms with Crippen LogP contribution in [0, 0.1) is 6.92 Å². The van der Waals surface area contributed by atoms with Crippen molar-refractivity contribution < 1.29 is 14.3 Å². The second-order valence-electron chi connectivity index (χ2n) is 6.18. The smallest absolute Gasteiger partial charge is 0.251 e. The molecule has 130 valence electrons. The van der Waals surface area contributed by atoms with Gasteiger partial charge in [0.1, 0.15) is 11.9 Å². The predicted octanol–water partition coefficient (Wildman–Crippen LogP) is 1.18. The standard InChI is InChI=1S/C17H19N5O3/c1-10-19-13-4-3-11(5-14(13)20-10)17(23)21-15-8-24-9-16(15)25-12-6-18-22(2)7-12/h3-7,15-16H,8-9H2,1-2H3,(H,19,20)(H,21,23)/t15-,16+/m0/s1. The Kier molecular flexibility index (Phi) is 3.89. The molecule has 0 aliphatic carbocycles. The SMILES string of the molecule is Cc1nc2ccc(C(=O)N[C@H]3COC[C@H]3Oc3cnn(C)c3)cc2[nH]1. The Morgan fingerprint density at radius 1 is 1.44 bits per heavy atom. The minimum absolute atomic E-state index is 0.163. The zero-order valence-corrected chi connectivity index (χ0v) is 14.0. The lowest BCUT2D eigenvalue weighted by atomic mass is 10.1. The summed E-state index contributed by atoms with van der Waals surface area (Å²) >= 11 is 0. The highest BCUT2D eigenvalue weighted by Gasteiger charge is 2.32. The summed E-state index contributed by atoms with van der Waals surface area (Å²) in [5.74, 6) is 1.32. The van der Waals surface area contributed by atoms with Gasteiger partial charge in [-0.2, -0.15) is 5.10 Å². The number of fused-ring (bicyclic) bond motifs is 1. The van der Waals surface area contributed by atoms with Gasteiger partial charge < -0.3 is 19.8 Å². The summed E-state index contributed by atoms with van der Waals surface area (Å²) in [6.07, 6.45) is 3.18. The molecule has 4 rings (SSSR count). The molecular weight excluding hydrogens is 322 g/mol. The number of H-pyrrole nitrogens is 1. The number of nitrogens with zero attached hydrogens (tertiary/aromatic N) is 3. The minimum Gasteiger partial charge on any atom is -0.482 e. The van der Waals surface area contributed by atoms with E-state index in [4.69, 9.17) is 9.47 Å². The Labute approximate surface area is 144 Å². The van der Waals surface area contributed by atoms with Gasteiger partial charge >= 0.3 is 0 Å². The van der Waals surface area contributed by atoms with Crippen LogP contribution in [-0.2, 0) is 11.8 Å². The summed E-state index contributed by atoms with van der Waals surface area (Å²) in [5.41, 5.74) is 2.26. The molecule has 0 unspecified atom stereocenters. The van der Waals surface area contributed by atoms with Crippen molar-refractivity contribution in [1.82, 2.24) is 25.1 Å². The number of aromatic nitrogens is 4. The topological polar surface area (TPSA) is 94.1 Å². The molecule has 2 N–H and O–H groups in total. The maximum Gasteiger partial charge on any atom is 0.251 e. The molecule has 1 aliphatic heterocycles. The summed E-state index contributed by atoms with van der Waals surface area (Å²) in [6.45, 7) is 2.73. The highest BCUT2D eigenvalue weighted by Crippen LogP contribution is 2.18. The summed E-state index contributed by atoms with van der Waals surface area (Å²) < 4.78 is 13.0. The first-order valence-electron chi connectivity index (χ1n) is 8.09. The maximum absolute atomic E-state index is 12.6. The molecule has 2 aromatic heterocycles. The Morgan fingerprint density at radius 2 is 2.32 bits per heavy atom. The average Bonchev–Trinajstić information content (AvgIpc) is 3.27. The summed E-state index contributed by atoms with van der Waals surface area (Å²) in [7, 11) is 1.82. The van der Waals surface area contributed by atoms with Gasteiger partial charge in [-0.05, 0) is 25.1 Å². The second kappa shape index (κ2) is 6.21. The third kappa shape index (κ3) is 3.20. The fourth-order valence-electron chi connectivity index (χ4n) is 2.95. The Hall–Kier alpha value is -2.87. The van der Waals surface area contributed by atoms with Crippen LogP contribution in [0.4, 0.5) is 0 Å². The normalized spacial score (nSPS) is 20.1. The van der Waals surface area contributed by atoms with E-state index in [0.29, 0.717) is 24.5 Å². The Morgan fingerprint density at radius 3 is 3.12 bits per heavy atom. The zero-order chi connectivity index (χ0) is 17.4. The van der Waals surface area contributed by atoms with E-state index >= 15 is 0 Å². The molecule has 1 aromatic carbocycles. The first kappa shape index (κ1) is 15.6. The molecule has 0 bridgehead atoms. The van der Waals surface area contributed by atoms with E-state index in [1.807, 2.05) is 20.0 Å². The van der Waals surface area contributed by atoms with Crippen molar-refractivity contribution in [1.29, 1.82) is 0 Å². The fourth-order valence-corrected chi connectivity index (χ4v) is 2.95. The molecular formula is C17H19N5O3. The third-order valence-electron chi connectivity index (χ3n) is 4.18. The van der Waals surface area contributed by atoms with E-state index in [1.54, 1.807) is 29.2 Å². The van der Waals surface area contributed by atoms with E-state index in [-0.39, 0.29) is 18.1 Å². The van der Waals surface area contributed by atoms with Gasteiger partial charge in [0.15, 0.2) is 5.75 Å². The maximum atomic E-state index is 12.6. The van der Waals surface area contributed by atoms with Gasteiger partial charge in [0.05, 0.1) is 42.7 Å². The highest BCUT2D eigenvalue weighted by molar-refractivity contribution is 5.97. The number of amides is 1. The van der Waals surface area contributed by atoms with Gasteiger partial charge in [-0.15, -0.1) is 0 Å². The van der Waals surface area contributed by atoms with E-state index in [9.17, 15) is 4.79 Å². The van der Waals surface area contributed by atoms with Crippen LogP contribution in [0.1, 0.15) is 16.2 Å². The lowest BCUT2D eigenvalue weighted by molar-refractivity contribution is 0.0904. The van der Waals surface area contributed by atoms with Crippen molar-refractivity contribution in [3.63, 3.8) is 0 Å². The number of ether oxygens (including phenoxy) is 2. The highest BCUT2D eigenvalue weighted by atomic mass is 16.5. The molecule has 0 saturated carbocycles. The molecule has 0 radical (unpaired) electrons. The molecule has 25 heavy (non-hydrogen) atoms. The molecule has 3 aromatic rings. The number of carbonyl (C=O) groups excluding carboxylic acids is 1. The van der Waals surface area contributed by atoms with E-state index in [2.05, 4.69) is 20.4 Å².